The van der Waals surface area contributed by atoms with Crippen LogP contribution >= 0.6 is 12.4 Å². The summed E-state index contributed by atoms with van der Waals surface area (Å²) in [5.74, 6) is 0.527. The van der Waals surface area contributed by atoms with Crippen LogP contribution < -0.4 is 11.1 Å². The van der Waals surface area contributed by atoms with Gasteiger partial charge in [-0.15, -0.1) is 12.4 Å². The smallest absolute Gasteiger partial charge is 0.253 e. The molecule has 3 nitrogen and oxygen atoms in total. The monoisotopic (exact) mass is 268 g/mol. The molecule has 3 N–H and O–H groups in total. The Bertz CT molecular complexity index is 409. The second kappa shape index (κ2) is 6.64. The van der Waals surface area contributed by atoms with Gasteiger partial charge in [0.2, 0.25) is 0 Å². The van der Waals surface area contributed by atoms with E-state index in [9.17, 15) is 4.79 Å². The average molecular weight is 269 g/mol. The van der Waals surface area contributed by atoms with E-state index in [1.165, 1.54) is 19.3 Å². The molecule has 2 unspecified atom stereocenters. The van der Waals surface area contributed by atoms with E-state index in [1.807, 2.05) is 12.1 Å². The molecule has 1 fully saturated rings. The zero-order valence-electron chi connectivity index (χ0n) is 10.7. The number of rotatable bonds is 2. The minimum Gasteiger partial charge on any atom is -0.398 e. The van der Waals surface area contributed by atoms with Crippen molar-refractivity contribution in [2.75, 3.05) is 5.73 Å². The number of nitrogens with two attached hydrogens (primary N) is 1. The number of nitrogens with one attached hydrogen (secondary N) is 1. The number of nitrogen functional groups attached to an aromatic ring is 1. The zero-order chi connectivity index (χ0) is 12.3. The maximum absolute atomic E-state index is 12.1. The second-order valence-corrected chi connectivity index (χ2v) is 4.93. The van der Waals surface area contributed by atoms with E-state index in [0.29, 0.717) is 23.2 Å². The first kappa shape index (κ1) is 14.8. The molecule has 0 saturated heterocycles. The summed E-state index contributed by atoms with van der Waals surface area (Å²) in [6.07, 6.45) is 4.77. The molecule has 18 heavy (non-hydrogen) atoms. The van der Waals surface area contributed by atoms with Crippen molar-refractivity contribution < 1.29 is 4.79 Å². The van der Waals surface area contributed by atoms with E-state index < -0.39 is 0 Å². The van der Waals surface area contributed by atoms with Gasteiger partial charge in [0, 0.05) is 11.7 Å². The molecule has 1 aromatic carbocycles. The third-order valence-electron chi connectivity index (χ3n) is 3.63. The Morgan fingerprint density at radius 1 is 1.28 bits per heavy atom. The summed E-state index contributed by atoms with van der Waals surface area (Å²) in [5.41, 5.74) is 6.94. The van der Waals surface area contributed by atoms with Crippen LogP contribution in [-0.2, 0) is 0 Å². The van der Waals surface area contributed by atoms with Crippen LogP contribution in [0.2, 0.25) is 0 Å². The van der Waals surface area contributed by atoms with Gasteiger partial charge in [0.15, 0.2) is 0 Å². The molecule has 0 heterocycles. The van der Waals surface area contributed by atoms with Gasteiger partial charge in [-0.05, 0) is 30.9 Å². The van der Waals surface area contributed by atoms with Crippen molar-refractivity contribution in [3.63, 3.8) is 0 Å². The Morgan fingerprint density at radius 3 is 2.61 bits per heavy atom. The number of carbonyl (C=O) groups excluding carboxylic acids is 1. The van der Waals surface area contributed by atoms with E-state index in [4.69, 9.17) is 5.73 Å². The molecular formula is C14H21ClN2O. The van der Waals surface area contributed by atoms with E-state index in [-0.39, 0.29) is 18.3 Å². The van der Waals surface area contributed by atoms with Crippen molar-refractivity contribution in [1.82, 2.24) is 5.32 Å². The van der Waals surface area contributed by atoms with Crippen LogP contribution in [0.3, 0.4) is 0 Å². The Labute approximate surface area is 115 Å². The molecule has 0 aliphatic heterocycles. The number of para-hydroxylation sites is 1. The van der Waals surface area contributed by atoms with Crippen molar-refractivity contribution in [2.24, 2.45) is 5.92 Å². The molecule has 1 aliphatic carbocycles. The standard InChI is InChI=1S/C14H20N2O.ClH/c1-10-6-2-5-9-13(10)16-14(17)11-7-3-4-8-12(11)15;/h3-4,7-8,10,13H,2,5-6,9,15H2,1H3,(H,16,17);1H. The van der Waals surface area contributed by atoms with Gasteiger partial charge in [-0.25, -0.2) is 0 Å². The summed E-state index contributed by atoms with van der Waals surface area (Å²) in [4.78, 5) is 12.1. The molecule has 1 aliphatic rings. The van der Waals surface area contributed by atoms with Crippen molar-refractivity contribution in [2.45, 2.75) is 38.6 Å². The molecule has 2 rings (SSSR count). The number of halogens is 1. The lowest BCUT2D eigenvalue weighted by Crippen LogP contribution is -2.41. The van der Waals surface area contributed by atoms with Crippen LogP contribution in [-0.4, -0.2) is 11.9 Å². The third kappa shape index (κ3) is 3.39. The van der Waals surface area contributed by atoms with Gasteiger partial charge in [0.25, 0.3) is 5.91 Å². The Morgan fingerprint density at radius 2 is 1.94 bits per heavy atom. The van der Waals surface area contributed by atoms with E-state index >= 15 is 0 Å². The number of hydrogen-bond donors (Lipinski definition) is 2. The summed E-state index contributed by atoms with van der Waals surface area (Å²) in [6, 6.07) is 7.53. The van der Waals surface area contributed by atoms with E-state index in [0.717, 1.165) is 6.42 Å². The highest BCUT2D eigenvalue weighted by Gasteiger charge is 2.23. The van der Waals surface area contributed by atoms with Gasteiger partial charge in [-0.2, -0.15) is 0 Å². The number of carbonyl (C=O) groups is 1. The third-order valence-corrected chi connectivity index (χ3v) is 3.63. The van der Waals surface area contributed by atoms with Crippen molar-refractivity contribution in [1.29, 1.82) is 0 Å². The normalized spacial score (nSPS) is 22.9. The molecule has 4 heteroatoms. The fourth-order valence-electron chi connectivity index (χ4n) is 2.48. The molecule has 0 bridgehead atoms. The quantitative estimate of drug-likeness (QED) is 0.810. The lowest BCUT2D eigenvalue weighted by molar-refractivity contribution is 0.0911. The molecule has 100 valence electrons. The van der Waals surface area contributed by atoms with Gasteiger partial charge in [-0.1, -0.05) is 31.9 Å². The molecule has 1 aromatic rings. The maximum Gasteiger partial charge on any atom is 0.253 e. The molecule has 0 spiro atoms. The van der Waals surface area contributed by atoms with E-state index in [1.54, 1.807) is 12.1 Å². The zero-order valence-corrected chi connectivity index (χ0v) is 11.5. The summed E-state index contributed by atoms with van der Waals surface area (Å²) < 4.78 is 0. The van der Waals surface area contributed by atoms with Crippen molar-refractivity contribution in [3.8, 4) is 0 Å². The fourth-order valence-corrected chi connectivity index (χ4v) is 2.48. The Hall–Kier alpha value is -1.22. The number of amides is 1. The first-order valence-corrected chi connectivity index (χ1v) is 6.34. The summed E-state index contributed by atoms with van der Waals surface area (Å²) in [7, 11) is 0. The highest BCUT2D eigenvalue weighted by atomic mass is 35.5. The molecule has 0 radical (unpaired) electrons. The predicted molar refractivity (Wildman–Crippen MR) is 77.0 cm³/mol. The summed E-state index contributed by atoms with van der Waals surface area (Å²) in [6.45, 7) is 2.21. The minimum absolute atomic E-state index is 0. The van der Waals surface area contributed by atoms with Crippen LogP contribution in [0.5, 0.6) is 0 Å². The van der Waals surface area contributed by atoms with Crippen LogP contribution in [0.4, 0.5) is 5.69 Å². The summed E-state index contributed by atoms with van der Waals surface area (Å²) >= 11 is 0. The topological polar surface area (TPSA) is 55.1 Å². The molecule has 1 amide bonds. The summed E-state index contributed by atoms with van der Waals surface area (Å²) in [5, 5.41) is 3.11. The lowest BCUT2D eigenvalue weighted by Gasteiger charge is -2.29. The SMILES string of the molecule is CC1CCCCC1NC(=O)c1ccccc1N.Cl. The molecule has 1 saturated carbocycles. The Balaban J connectivity index is 0.00000162. The largest absolute Gasteiger partial charge is 0.398 e. The van der Waals surface area contributed by atoms with E-state index in [2.05, 4.69) is 12.2 Å². The first-order valence-electron chi connectivity index (χ1n) is 6.34. The molecule has 2 atom stereocenters. The highest BCUT2D eigenvalue weighted by molar-refractivity contribution is 5.99. The van der Waals surface area contributed by atoms with Crippen LogP contribution in [0.15, 0.2) is 24.3 Å². The van der Waals surface area contributed by atoms with Crippen LogP contribution in [0.1, 0.15) is 43.0 Å². The van der Waals surface area contributed by atoms with Gasteiger partial charge >= 0.3 is 0 Å². The minimum atomic E-state index is -0.0400. The van der Waals surface area contributed by atoms with Gasteiger partial charge in [0.1, 0.15) is 0 Å². The predicted octanol–water partition coefficient (Wildman–Crippen LogP) is 3.00. The molecular weight excluding hydrogens is 248 g/mol. The van der Waals surface area contributed by atoms with Gasteiger partial charge < -0.3 is 11.1 Å². The first-order chi connectivity index (χ1) is 8.18. The maximum atomic E-state index is 12.1. The van der Waals surface area contributed by atoms with Gasteiger partial charge in [0.05, 0.1) is 5.56 Å². The number of benzene rings is 1. The van der Waals surface area contributed by atoms with Crippen LogP contribution in [0, 0.1) is 5.92 Å². The highest BCUT2D eigenvalue weighted by Crippen LogP contribution is 2.24. The van der Waals surface area contributed by atoms with Crippen LogP contribution in [0.25, 0.3) is 0 Å². The fraction of sp³-hybridized carbons (Fsp3) is 0.500. The number of anilines is 1. The average Bonchev–Trinajstić information content (AvgIpc) is 2.32. The van der Waals surface area contributed by atoms with Gasteiger partial charge in [-0.3, -0.25) is 4.79 Å². The van der Waals surface area contributed by atoms with Crippen molar-refractivity contribution in [3.05, 3.63) is 29.8 Å². The lowest BCUT2D eigenvalue weighted by atomic mass is 9.86. The molecule has 0 aromatic heterocycles. The van der Waals surface area contributed by atoms with Crippen molar-refractivity contribution >= 4 is 24.0 Å². The number of hydrogen-bond acceptors (Lipinski definition) is 2. The second-order valence-electron chi connectivity index (χ2n) is 4.93. The Kier molecular flexibility index (Phi) is 5.48.